The number of benzene rings is 1. The summed E-state index contributed by atoms with van der Waals surface area (Å²) >= 11 is 0. The molecule has 1 aromatic carbocycles. The van der Waals surface area contributed by atoms with Gasteiger partial charge in [-0.1, -0.05) is 12.1 Å². The Kier molecular flexibility index (Phi) is 3.98. The Bertz CT molecular complexity index is 293. The van der Waals surface area contributed by atoms with Gasteiger partial charge in [0.05, 0.1) is 12.9 Å². The van der Waals surface area contributed by atoms with Crippen molar-refractivity contribution in [3.05, 3.63) is 29.8 Å². The Morgan fingerprint density at radius 3 is 2.50 bits per heavy atom. The first-order valence-corrected chi connectivity index (χ1v) is 4.68. The van der Waals surface area contributed by atoms with E-state index >= 15 is 0 Å². The zero-order valence-corrected chi connectivity index (χ0v) is 8.42. The molecule has 0 aliphatic rings. The van der Waals surface area contributed by atoms with Gasteiger partial charge in [0, 0.05) is 6.42 Å². The van der Waals surface area contributed by atoms with Gasteiger partial charge in [0.2, 0.25) is 0 Å². The van der Waals surface area contributed by atoms with Gasteiger partial charge in [0.1, 0.15) is 5.75 Å². The molecule has 3 N–H and O–H groups in total. The van der Waals surface area contributed by atoms with Crippen molar-refractivity contribution >= 4 is 5.84 Å². The summed E-state index contributed by atoms with van der Waals surface area (Å²) in [7, 11) is 1.66. The predicted octanol–water partition coefficient (Wildman–Crippen LogP) is 1.95. The lowest BCUT2D eigenvalue weighted by molar-refractivity contribution is 0.414. The Labute approximate surface area is 84.4 Å². The number of aryl methyl sites for hydroxylation is 1. The van der Waals surface area contributed by atoms with Crippen LogP contribution in [0.3, 0.4) is 0 Å². The standard InChI is InChI=1S/C11H16N2O/c1-14-10-7-5-9(6-8-10)3-2-4-11(12)13/h5-8H,2-4H2,1H3,(H3,12,13). The van der Waals surface area contributed by atoms with Crippen LogP contribution in [-0.2, 0) is 6.42 Å². The summed E-state index contributed by atoms with van der Waals surface area (Å²) in [4.78, 5) is 0. The molecule has 0 aliphatic heterocycles. The first-order valence-electron chi connectivity index (χ1n) is 4.68. The number of amidine groups is 1. The normalized spacial score (nSPS) is 9.79. The molecule has 0 atom stereocenters. The van der Waals surface area contributed by atoms with Crippen molar-refractivity contribution in [2.45, 2.75) is 19.3 Å². The molecule has 76 valence electrons. The van der Waals surface area contributed by atoms with Crippen molar-refractivity contribution in [1.29, 1.82) is 5.41 Å². The van der Waals surface area contributed by atoms with Crippen molar-refractivity contribution in [2.24, 2.45) is 5.73 Å². The molecular formula is C11H16N2O. The summed E-state index contributed by atoms with van der Waals surface area (Å²) in [6.45, 7) is 0. The SMILES string of the molecule is COc1ccc(CCCC(=N)N)cc1. The fraction of sp³-hybridized carbons (Fsp3) is 0.364. The number of rotatable bonds is 5. The predicted molar refractivity (Wildman–Crippen MR) is 57.8 cm³/mol. The van der Waals surface area contributed by atoms with Crippen molar-refractivity contribution in [3.63, 3.8) is 0 Å². The maximum absolute atomic E-state index is 7.08. The van der Waals surface area contributed by atoms with E-state index in [2.05, 4.69) is 0 Å². The first-order chi connectivity index (χ1) is 6.72. The minimum absolute atomic E-state index is 0.263. The van der Waals surface area contributed by atoms with Gasteiger partial charge in [0.15, 0.2) is 0 Å². The molecule has 1 rings (SSSR count). The van der Waals surface area contributed by atoms with Crippen LogP contribution in [0.1, 0.15) is 18.4 Å². The van der Waals surface area contributed by atoms with E-state index in [-0.39, 0.29) is 5.84 Å². The van der Waals surface area contributed by atoms with Crippen LogP contribution < -0.4 is 10.5 Å². The van der Waals surface area contributed by atoms with Crippen LogP contribution in [0.5, 0.6) is 5.75 Å². The smallest absolute Gasteiger partial charge is 0.118 e. The third kappa shape index (κ3) is 3.47. The van der Waals surface area contributed by atoms with Gasteiger partial charge >= 0.3 is 0 Å². The Morgan fingerprint density at radius 2 is 2.00 bits per heavy atom. The number of hydrogen-bond acceptors (Lipinski definition) is 2. The van der Waals surface area contributed by atoms with Crippen LogP contribution in [0.15, 0.2) is 24.3 Å². The highest BCUT2D eigenvalue weighted by molar-refractivity contribution is 5.76. The first kappa shape index (κ1) is 10.6. The summed E-state index contributed by atoms with van der Waals surface area (Å²) < 4.78 is 5.06. The molecule has 3 heteroatoms. The summed E-state index contributed by atoms with van der Waals surface area (Å²) in [5.74, 6) is 1.14. The molecule has 3 nitrogen and oxygen atoms in total. The van der Waals surface area contributed by atoms with Gasteiger partial charge in [-0.2, -0.15) is 0 Å². The average molecular weight is 192 g/mol. The lowest BCUT2D eigenvalue weighted by Gasteiger charge is -2.02. The molecule has 0 saturated heterocycles. The van der Waals surface area contributed by atoms with Crippen LogP contribution in [0.2, 0.25) is 0 Å². The van der Waals surface area contributed by atoms with Crippen molar-refractivity contribution in [1.82, 2.24) is 0 Å². The van der Waals surface area contributed by atoms with E-state index in [1.807, 2.05) is 24.3 Å². The largest absolute Gasteiger partial charge is 0.497 e. The van der Waals surface area contributed by atoms with Crippen molar-refractivity contribution in [2.75, 3.05) is 7.11 Å². The topological polar surface area (TPSA) is 59.1 Å². The second kappa shape index (κ2) is 5.27. The summed E-state index contributed by atoms with van der Waals surface area (Å²) in [6, 6.07) is 7.98. The summed E-state index contributed by atoms with van der Waals surface area (Å²) in [6.07, 6.45) is 2.57. The Balaban J connectivity index is 2.40. The fourth-order valence-electron chi connectivity index (χ4n) is 1.28. The van der Waals surface area contributed by atoms with Crippen LogP contribution in [0.25, 0.3) is 0 Å². The van der Waals surface area contributed by atoms with Crippen LogP contribution in [0, 0.1) is 5.41 Å². The van der Waals surface area contributed by atoms with Crippen molar-refractivity contribution < 1.29 is 4.74 Å². The zero-order chi connectivity index (χ0) is 10.4. The highest BCUT2D eigenvalue weighted by Gasteiger charge is 1.95. The van der Waals surface area contributed by atoms with Gasteiger partial charge in [-0.05, 0) is 30.5 Å². The lowest BCUT2D eigenvalue weighted by atomic mass is 10.1. The zero-order valence-electron chi connectivity index (χ0n) is 8.42. The van der Waals surface area contributed by atoms with E-state index in [0.717, 1.165) is 18.6 Å². The molecule has 14 heavy (non-hydrogen) atoms. The van der Waals surface area contributed by atoms with E-state index in [1.54, 1.807) is 7.11 Å². The van der Waals surface area contributed by atoms with E-state index in [9.17, 15) is 0 Å². The number of nitrogens with two attached hydrogens (primary N) is 1. The second-order valence-corrected chi connectivity index (χ2v) is 3.23. The van der Waals surface area contributed by atoms with E-state index in [1.165, 1.54) is 5.56 Å². The van der Waals surface area contributed by atoms with Gasteiger partial charge in [-0.25, -0.2) is 0 Å². The van der Waals surface area contributed by atoms with Gasteiger partial charge in [-0.15, -0.1) is 0 Å². The Morgan fingerprint density at radius 1 is 1.36 bits per heavy atom. The maximum Gasteiger partial charge on any atom is 0.118 e. The lowest BCUT2D eigenvalue weighted by Crippen LogP contribution is -2.09. The molecule has 0 bridgehead atoms. The van der Waals surface area contributed by atoms with Gasteiger partial charge < -0.3 is 10.5 Å². The quantitative estimate of drug-likeness (QED) is 0.553. The summed E-state index contributed by atoms with van der Waals surface area (Å²) in [5.41, 5.74) is 6.52. The number of nitrogens with one attached hydrogen (secondary N) is 1. The molecule has 0 heterocycles. The van der Waals surface area contributed by atoms with E-state index in [4.69, 9.17) is 15.9 Å². The number of hydrogen-bond donors (Lipinski definition) is 2. The van der Waals surface area contributed by atoms with Crippen LogP contribution >= 0.6 is 0 Å². The molecule has 0 radical (unpaired) electrons. The number of ether oxygens (including phenoxy) is 1. The maximum atomic E-state index is 7.08. The minimum Gasteiger partial charge on any atom is -0.497 e. The third-order valence-electron chi connectivity index (χ3n) is 2.07. The van der Waals surface area contributed by atoms with E-state index < -0.39 is 0 Å². The Hall–Kier alpha value is -1.51. The molecule has 0 aromatic heterocycles. The molecule has 0 saturated carbocycles. The van der Waals surface area contributed by atoms with Gasteiger partial charge in [0.25, 0.3) is 0 Å². The molecule has 0 unspecified atom stereocenters. The van der Waals surface area contributed by atoms with Gasteiger partial charge in [-0.3, -0.25) is 5.41 Å². The minimum atomic E-state index is 0.263. The molecule has 0 fully saturated rings. The van der Waals surface area contributed by atoms with Crippen molar-refractivity contribution in [3.8, 4) is 5.75 Å². The molecule has 0 aliphatic carbocycles. The highest BCUT2D eigenvalue weighted by atomic mass is 16.5. The molecule has 1 aromatic rings. The molecular weight excluding hydrogens is 176 g/mol. The third-order valence-corrected chi connectivity index (χ3v) is 2.07. The molecule has 0 spiro atoms. The second-order valence-electron chi connectivity index (χ2n) is 3.23. The summed E-state index contributed by atoms with van der Waals surface area (Å²) in [5, 5.41) is 7.08. The van der Waals surface area contributed by atoms with E-state index in [0.29, 0.717) is 6.42 Å². The monoisotopic (exact) mass is 192 g/mol. The molecule has 0 amide bonds. The van der Waals surface area contributed by atoms with Crippen LogP contribution in [0.4, 0.5) is 0 Å². The number of methoxy groups -OCH3 is 1. The fourth-order valence-corrected chi connectivity index (χ4v) is 1.28. The van der Waals surface area contributed by atoms with Crippen LogP contribution in [-0.4, -0.2) is 12.9 Å². The average Bonchev–Trinajstić information content (AvgIpc) is 2.18. The highest BCUT2D eigenvalue weighted by Crippen LogP contribution is 2.12.